The molecule has 0 saturated heterocycles. The Bertz CT molecular complexity index is 754. The lowest BCUT2D eigenvalue weighted by atomic mass is 10.0. The van der Waals surface area contributed by atoms with Crippen molar-refractivity contribution in [1.29, 1.82) is 0 Å². The number of aryl methyl sites for hydroxylation is 2. The molecule has 5 heteroatoms. The zero-order valence-electron chi connectivity index (χ0n) is 14.4. The largest absolute Gasteiger partial charge is 0.493 e. The summed E-state index contributed by atoms with van der Waals surface area (Å²) in [7, 11) is 3.16. The molecular weight excluding hydrogens is 304 g/mol. The Hall–Kier alpha value is -2.82. The van der Waals surface area contributed by atoms with E-state index in [1.165, 1.54) is 5.56 Å². The van der Waals surface area contributed by atoms with Gasteiger partial charge in [0, 0.05) is 0 Å². The minimum atomic E-state index is -0.154. The Balaban J connectivity index is 1.97. The fourth-order valence-electron chi connectivity index (χ4n) is 2.37. The van der Waals surface area contributed by atoms with Crippen LogP contribution in [0.25, 0.3) is 0 Å². The number of rotatable bonds is 6. The van der Waals surface area contributed by atoms with E-state index in [2.05, 4.69) is 16.6 Å². The van der Waals surface area contributed by atoms with Gasteiger partial charge >= 0.3 is 0 Å². The minimum absolute atomic E-state index is 0.154. The van der Waals surface area contributed by atoms with Crippen molar-refractivity contribution in [2.75, 3.05) is 14.2 Å². The lowest BCUT2D eigenvalue weighted by Crippen LogP contribution is -2.20. The number of hydrogen-bond acceptors (Lipinski definition) is 4. The third-order valence-electron chi connectivity index (χ3n) is 3.66. The molecule has 2 aromatic carbocycles. The van der Waals surface area contributed by atoms with E-state index in [-0.39, 0.29) is 5.91 Å². The van der Waals surface area contributed by atoms with Crippen LogP contribution in [0.5, 0.6) is 11.5 Å². The number of benzene rings is 2. The maximum Gasteiger partial charge on any atom is 0.244 e. The highest BCUT2D eigenvalue weighted by molar-refractivity contribution is 5.84. The number of nitrogens with one attached hydrogen (secondary N) is 1. The van der Waals surface area contributed by atoms with Crippen molar-refractivity contribution in [3.63, 3.8) is 0 Å². The topological polar surface area (TPSA) is 59.9 Å². The maximum absolute atomic E-state index is 12.0. The molecule has 0 aromatic heterocycles. The van der Waals surface area contributed by atoms with E-state index in [9.17, 15) is 4.79 Å². The average molecular weight is 326 g/mol. The smallest absolute Gasteiger partial charge is 0.244 e. The Morgan fingerprint density at radius 2 is 1.83 bits per heavy atom. The molecular formula is C19H22N2O3. The molecule has 0 atom stereocenters. The Morgan fingerprint density at radius 1 is 1.08 bits per heavy atom. The standard InChI is InChI=1S/C19H22N2O3/c1-13-5-7-16(14(2)9-13)11-19(22)21-20-12-15-6-8-17(23-3)18(10-15)24-4/h5-10,12H,11H2,1-4H3,(H,21,22)/b20-12-. The van der Waals surface area contributed by atoms with Crippen molar-refractivity contribution < 1.29 is 14.3 Å². The molecule has 0 aliphatic carbocycles. The summed E-state index contributed by atoms with van der Waals surface area (Å²) in [6, 6.07) is 11.5. The molecule has 0 heterocycles. The summed E-state index contributed by atoms with van der Waals surface area (Å²) < 4.78 is 10.4. The van der Waals surface area contributed by atoms with Gasteiger partial charge in [-0.3, -0.25) is 4.79 Å². The normalized spacial score (nSPS) is 10.7. The van der Waals surface area contributed by atoms with Crippen LogP contribution in [0.3, 0.4) is 0 Å². The molecule has 0 aliphatic rings. The molecule has 126 valence electrons. The predicted octanol–water partition coefficient (Wildman–Crippen LogP) is 3.01. The quantitative estimate of drug-likeness (QED) is 0.656. The van der Waals surface area contributed by atoms with Crippen molar-refractivity contribution in [2.45, 2.75) is 20.3 Å². The summed E-state index contributed by atoms with van der Waals surface area (Å²) in [5.41, 5.74) is 6.64. The molecule has 0 fully saturated rings. The third-order valence-corrected chi connectivity index (χ3v) is 3.66. The number of carbonyl (C=O) groups excluding carboxylic acids is 1. The average Bonchev–Trinajstić information content (AvgIpc) is 2.57. The first-order chi connectivity index (χ1) is 11.5. The Labute approximate surface area is 142 Å². The van der Waals surface area contributed by atoms with Crippen LogP contribution in [0.15, 0.2) is 41.5 Å². The van der Waals surface area contributed by atoms with E-state index in [0.717, 1.165) is 16.7 Å². The van der Waals surface area contributed by atoms with Gasteiger partial charge in [-0.25, -0.2) is 5.43 Å². The van der Waals surface area contributed by atoms with Crippen LogP contribution in [-0.4, -0.2) is 26.3 Å². The van der Waals surface area contributed by atoms with Crippen molar-refractivity contribution in [3.8, 4) is 11.5 Å². The van der Waals surface area contributed by atoms with Crippen molar-refractivity contribution in [2.24, 2.45) is 5.10 Å². The fraction of sp³-hybridized carbons (Fsp3) is 0.263. The maximum atomic E-state index is 12.0. The predicted molar refractivity (Wildman–Crippen MR) is 94.9 cm³/mol. The van der Waals surface area contributed by atoms with Crippen molar-refractivity contribution >= 4 is 12.1 Å². The highest BCUT2D eigenvalue weighted by Crippen LogP contribution is 2.26. The number of ether oxygens (including phenoxy) is 2. The van der Waals surface area contributed by atoms with E-state index in [4.69, 9.17) is 9.47 Å². The lowest BCUT2D eigenvalue weighted by molar-refractivity contribution is -0.120. The van der Waals surface area contributed by atoms with Crippen molar-refractivity contribution in [3.05, 3.63) is 58.7 Å². The van der Waals surface area contributed by atoms with Gasteiger partial charge in [-0.1, -0.05) is 23.8 Å². The van der Waals surface area contributed by atoms with E-state index >= 15 is 0 Å². The Kier molecular flexibility index (Phi) is 5.95. The summed E-state index contributed by atoms with van der Waals surface area (Å²) in [5.74, 6) is 1.11. The van der Waals surface area contributed by atoms with Gasteiger partial charge in [0.2, 0.25) is 5.91 Å². The molecule has 24 heavy (non-hydrogen) atoms. The number of amides is 1. The summed E-state index contributed by atoms with van der Waals surface area (Å²) in [5, 5.41) is 3.99. The summed E-state index contributed by atoms with van der Waals surface area (Å²) in [6.45, 7) is 4.03. The summed E-state index contributed by atoms with van der Waals surface area (Å²) >= 11 is 0. The summed E-state index contributed by atoms with van der Waals surface area (Å²) in [4.78, 5) is 12.0. The van der Waals surface area contributed by atoms with Crippen LogP contribution in [0, 0.1) is 13.8 Å². The molecule has 5 nitrogen and oxygen atoms in total. The zero-order valence-corrected chi connectivity index (χ0v) is 14.4. The molecule has 0 aliphatic heterocycles. The second kappa shape index (κ2) is 8.15. The Morgan fingerprint density at radius 3 is 2.50 bits per heavy atom. The van der Waals surface area contributed by atoms with E-state index in [1.807, 2.05) is 32.0 Å². The number of hydrogen-bond donors (Lipinski definition) is 1. The first-order valence-corrected chi connectivity index (χ1v) is 7.63. The van der Waals surface area contributed by atoms with Crippen LogP contribution in [0.2, 0.25) is 0 Å². The van der Waals surface area contributed by atoms with E-state index in [0.29, 0.717) is 17.9 Å². The zero-order chi connectivity index (χ0) is 17.5. The first kappa shape index (κ1) is 17.5. The van der Waals surface area contributed by atoms with E-state index in [1.54, 1.807) is 32.6 Å². The van der Waals surface area contributed by atoms with Gasteiger partial charge in [-0.15, -0.1) is 0 Å². The molecule has 0 saturated carbocycles. The van der Waals surface area contributed by atoms with Gasteiger partial charge in [-0.05, 0) is 48.7 Å². The number of carbonyl (C=O) groups is 1. The number of methoxy groups -OCH3 is 2. The minimum Gasteiger partial charge on any atom is -0.493 e. The summed E-state index contributed by atoms with van der Waals surface area (Å²) in [6.07, 6.45) is 1.87. The monoisotopic (exact) mass is 326 g/mol. The van der Waals surface area contributed by atoms with Gasteiger partial charge < -0.3 is 9.47 Å². The van der Waals surface area contributed by atoms with Gasteiger partial charge in [0.05, 0.1) is 26.9 Å². The lowest BCUT2D eigenvalue weighted by Gasteiger charge is -2.07. The van der Waals surface area contributed by atoms with Crippen molar-refractivity contribution in [1.82, 2.24) is 5.43 Å². The molecule has 0 bridgehead atoms. The molecule has 0 radical (unpaired) electrons. The van der Waals surface area contributed by atoms with Gasteiger partial charge in [0.15, 0.2) is 11.5 Å². The second-order valence-corrected chi connectivity index (χ2v) is 5.51. The SMILES string of the molecule is COc1ccc(/C=N\NC(=O)Cc2ccc(C)cc2C)cc1OC. The molecule has 2 rings (SSSR count). The van der Waals surface area contributed by atoms with Crippen LogP contribution in [0.4, 0.5) is 0 Å². The highest BCUT2D eigenvalue weighted by Gasteiger charge is 2.06. The van der Waals surface area contributed by atoms with Crippen LogP contribution in [0.1, 0.15) is 22.3 Å². The van der Waals surface area contributed by atoms with Gasteiger partial charge in [0.25, 0.3) is 0 Å². The van der Waals surface area contributed by atoms with Gasteiger partial charge in [-0.2, -0.15) is 5.10 Å². The van der Waals surface area contributed by atoms with Crippen LogP contribution < -0.4 is 14.9 Å². The fourth-order valence-corrected chi connectivity index (χ4v) is 2.37. The van der Waals surface area contributed by atoms with E-state index < -0.39 is 0 Å². The molecule has 0 spiro atoms. The third kappa shape index (κ3) is 4.59. The molecule has 0 unspecified atom stereocenters. The van der Waals surface area contributed by atoms with Crippen LogP contribution >= 0.6 is 0 Å². The molecule has 1 amide bonds. The molecule has 1 N–H and O–H groups in total. The number of hydrazone groups is 1. The second-order valence-electron chi connectivity index (χ2n) is 5.51. The highest BCUT2D eigenvalue weighted by atomic mass is 16.5. The van der Waals surface area contributed by atoms with Gasteiger partial charge in [0.1, 0.15) is 0 Å². The molecule has 2 aromatic rings. The van der Waals surface area contributed by atoms with Crippen LogP contribution in [-0.2, 0) is 11.2 Å². The first-order valence-electron chi connectivity index (χ1n) is 7.63. The number of nitrogens with zero attached hydrogens (tertiary/aromatic N) is 1.